The van der Waals surface area contributed by atoms with Gasteiger partial charge in [-0.05, 0) is 38.6 Å². The van der Waals surface area contributed by atoms with E-state index in [1.54, 1.807) is 0 Å². The average Bonchev–Trinajstić information content (AvgIpc) is 2.39. The Morgan fingerprint density at radius 1 is 1.00 bits per heavy atom. The van der Waals surface area contributed by atoms with Gasteiger partial charge in [0.2, 0.25) is 5.69 Å². The molecule has 1 aromatic carbocycles. The summed E-state index contributed by atoms with van der Waals surface area (Å²) in [5.41, 5.74) is 1.57. The molecule has 0 amide bonds. The van der Waals surface area contributed by atoms with E-state index in [1.807, 2.05) is 0 Å². The SMILES string of the molecule is CC(C)(C)N1C2CCC(CC2)[N+]1c1ccccc1. The summed E-state index contributed by atoms with van der Waals surface area (Å²) < 4.78 is 0. The van der Waals surface area contributed by atoms with E-state index in [0.29, 0.717) is 6.04 Å². The predicted molar refractivity (Wildman–Crippen MR) is 75.9 cm³/mol. The van der Waals surface area contributed by atoms with Crippen LogP contribution in [-0.2, 0) is 0 Å². The number of rotatable bonds is 1. The maximum Gasteiger partial charge on any atom is 0.203 e. The Balaban J connectivity index is 1.99. The molecule has 3 fully saturated rings. The zero-order valence-electron chi connectivity index (χ0n) is 11.8. The smallest absolute Gasteiger partial charge is 0.0920 e. The Bertz CT molecular complexity index is 399. The highest BCUT2D eigenvalue weighted by atomic mass is 15.7. The van der Waals surface area contributed by atoms with E-state index < -0.39 is 0 Å². The zero-order chi connectivity index (χ0) is 12.8. The average molecular weight is 244 g/mol. The number of hydrazine groups is 1. The van der Waals surface area contributed by atoms with E-state index in [1.165, 1.54) is 31.4 Å². The molecule has 0 atom stereocenters. The summed E-state index contributed by atoms with van der Waals surface area (Å²) in [4.78, 5) is 0. The highest BCUT2D eigenvalue weighted by molar-refractivity contribution is 5.39. The van der Waals surface area contributed by atoms with Gasteiger partial charge in [-0.15, -0.1) is 0 Å². The monoisotopic (exact) mass is 244 g/mol. The first-order chi connectivity index (χ1) is 8.57. The highest BCUT2D eigenvalue weighted by Gasteiger charge is 2.53. The summed E-state index contributed by atoms with van der Waals surface area (Å²) in [7, 11) is 0. The minimum absolute atomic E-state index is 0.208. The summed E-state index contributed by atoms with van der Waals surface area (Å²) in [5, 5.41) is 5.22. The van der Waals surface area contributed by atoms with Crippen LogP contribution in [0.4, 0.5) is 5.69 Å². The summed E-state index contributed by atoms with van der Waals surface area (Å²) in [6.45, 7) is 7.01. The molecule has 0 N–H and O–H groups in total. The third-order valence-corrected chi connectivity index (χ3v) is 4.30. The quantitative estimate of drug-likeness (QED) is 0.683. The number of hydrogen-bond acceptors (Lipinski definition) is 2. The minimum atomic E-state index is 0.208. The molecule has 1 radical (unpaired) electrons. The van der Waals surface area contributed by atoms with Crippen molar-refractivity contribution < 1.29 is 0 Å². The molecule has 2 saturated heterocycles. The fourth-order valence-electron chi connectivity index (χ4n) is 3.69. The van der Waals surface area contributed by atoms with Crippen LogP contribution in [-0.4, -0.2) is 22.6 Å². The van der Waals surface area contributed by atoms with Crippen molar-refractivity contribution >= 4 is 5.69 Å². The Hall–Kier alpha value is -0.860. The molecule has 0 spiro atoms. The number of nitrogens with zero attached hydrogens (tertiary/aromatic N) is 2. The Kier molecular flexibility index (Phi) is 2.95. The number of para-hydroxylation sites is 1. The van der Waals surface area contributed by atoms with E-state index in [9.17, 15) is 0 Å². The molecular formula is C16H24N2+. The van der Waals surface area contributed by atoms with Gasteiger partial charge in [-0.3, -0.25) is 0 Å². The van der Waals surface area contributed by atoms with Crippen LogP contribution in [0.3, 0.4) is 0 Å². The molecular weight excluding hydrogens is 220 g/mol. The van der Waals surface area contributed by atoms with Crippen LogP contribution in [0.2, 0.25) is 0 Å². The molecule has 0 unspecified atom stereocenters. The maximum atomic E-state index is 2.64. The first kappa shape index (κ1) is 12.2. The van der Waals surface area contributed by atoms with Gasteiger partial charge < -0.3 is 0 Å². The first-order valence-electron chi connectivity index (χ1n) is 7.21. The zero-order valence-corrected chi connectivity index (χ0v) is 11.8. The third-order valence-electron chi connectivity index (χ3n) is 4.30. The number of fused-ring (bicyclic) bond motifs is 3. The van der Waals surface area contributed by atoms with Crippen molar-refractivity contribution in [3.05, 3.63) is 30.3 Å². The molecule has 1 aromatic rings. The summed E-state index contributed by atoms with van der Waals surface area (Å²) in [6.07, 6.45) is 5.44. The Morgan fingerprint density at radius 2 is 1.61 bits per heavy atom. The lowest BCUT2D eigenvalue weighted by Crippen LogP contribution is -2.68. The lowest BCUT2D eigenvalue weighted by Gasteiger charge is -2.49. The van der Waals surface area contributed by atoms with Crippen LogP contribution in [0.5, 0.6) is 0 Å². The van der Waals surface area contributed by atoms with Crippen LogP contribution in [0.15, 0.2) is 30.3 Å². The van der Waals surface area contributed by atoms with E-state index >= 15 is 0 Å². The molecule has 97 valence electrons. The number of anilines is 1. The van der Waals surface area contributed by atoms with Crippen LogP contribution < -0.4 is 5.01 Å². The number of hydrogen-bond donors (Lipinski definition) is 0. The van der Waals surface area contributed by atoms with Gasteiger partial charge in [-0.2, -0.15) is 0 Å². The molecule has 18 heavy (non-hydrogen) atoms. The van der Waals surface area contributed by atoms with Crippen molar-refractivity contribution in [3.63, 3.8) is 0 Å². The second-order valence-corrected chi connectivity index (χ2v) is 6.66. The van der Waals surface area contributed by atoms with Crippen molar-refractivity contribution in [1.29, 1.82) is 0 Å². The Morgan fingerprint density at radius 3 is 2.17 bits per heavy atom. The standard InChI is InChI=1S/C16H24N2/c1-16(2,3)18-15-11-9-14(10-12-15)17(18)13-7-5-4-6-8-13/h4-8,14-15H,9-12H2,1-3H3/q+1. The fourth-order valence-corrected chi connectivity index (χ4v) is 3.69. The molecule has 2 aliphatic heterocycles. The van der Waals surface area contributed by atoms with Crippen molar-refractivity contribution in [2.24, 2.45) is 0 Å². The van der Waals surface area contributed by atoms with Gasteiger partial charge in [0, 0.05) is 25.0 Å². The van der Waals surface area contributed by atoms with Gasteiger partial charge in [0.15, 0.2) is 6.04 Å². The summed E-state index contributed by atoms with van der Waals surface area (Å²) in [5.74, 6) is 0. The second-order valence-electron chi connectivity index (χ2n) is 6.66. The minimum Gasteiger partial charge on any atom is -0.0920 e. The molecule has 2 nitrogen and oxygen atoms in total. The molecule has 0 aromatic heterocycles. The predicted octanol–water partition coefficient (Wildman–Crippen LogP) is 3.80. The van der Waals surface area contributed by atoms with Crippen molar-refractivity contribution in [2.75, 3.05) is 0 Å². The van der Waals surface area contributed by atoms with Gasteiger partial charge >= 0.3 is 0 Å². The van der Waals surface area contributed by atoms with Crippen molar-refractivity contribution in [1.82, 2.24) is 10.0 Å². The van der Waals surface area contributed by atoms with Crippen molar-refractivity contribution in [3.8, 4) is 0 Å². The van der Waals surface area contributed by atoms with Gasteiger partial charge in [0.1, 0.15) is 0 Å². The Labute approximate surface area is 111 Å². The summed E-state index contributed by atoms with van der Waals surface area (Å²) >= 11 is 0. The van der Waals surface area contributed by atoms with Crippen LogP contribution >= 0.6 is 0 Å². The van der Waals surface area contributed by atoms with Gasteiger partial charge in [0.05, 0.1) is 11.6 Å². The molecule has 2 heterocycles. The topological polar surface area (TPSA) is 9.14 Å². The van der Waals surface area contributed by atoms with Crippen molar-refractivity contribution in [2.45, 2.75) is 64.1 Å². The lowest BCUT2D eigenvalue weighted by molar-refractivity contribution is -0.108. The molecule has 1 aliphatic carbocycles. The van der Waals surface area contributed by atoms with E-state index in [2.05, 4.69) is 61.1 Å². The fraction of sp³-hybridized carbons (Fsp3) is 0.625. The van der Waals surface area contributed by atoms with Crippen LogP contribution in [0.1, 0.15) is 46.5 Å². The second kappa shape index (κ2) is 4.36. The third kappa shape index (κ3) is 1.98. The molecule has 1 saturated carbocycles. The maximum absolute atomic E-state index is 2.64. The highest BCUT2D eigenvalue weighted by Crippen LogP contribution is 2.41. The van der Waals surface area contributed by atoms with E-state index in [-0.39, 0.29) is 5.54 Å². The summed E-state index contributed by atoms with van der Waals surface area (Å²) in [6, 6.07) is 12.3. The van der Waals surface area contributed by atoms with Crippen LogP contribution in [0, 0.1) is 0 Å². The van der Waals surface area contributed by atoms with Gasteiger partial charge in [-0.1, -0.05) is 23.2 Å². The lowest BCUT2D eigenvalue weighted by atomic mass is 9.84. The molecule has 3 aliphatic rings. The van der Waals surface area contributed by atoms with Gasteiger partial charge in [0.25, 0.3) is 0 Å². The largest absolute Gasteiger partial charge is 0.203 e. The first-order valence-corrected chi connectivity index (χ1v) is 7.21. The molecule has 4 rings (SSSR count). The van der Waals surface area contributed by atoms with E-state index in [4.69, 9.17) is 0 Å². The normalized spacial score (nSPS) is 29.7. The van der Waals surface area contributed by atoms with Crippen LogP contribution in [0.25, 0.3) is 0 Å². The van der Waals surface area contributed by atoms with E-state index in [0.717, 1.165) is 6.04 Å². The molecule has 2 heteroatoms. The van der Waals surface area contributed by atoms with Gasteiger partial charge in [-0.25, -0.2) is 0 Å². The number of benzene rings is 1. The molecule has 2 bridgehead atoms.